The number of hydrogen-bond acceptors (Lipinski definition) is 1. The molecule has 0 bridgehead atoms. The standard InChI is InChI=1S/C13H29N/c1-7-10-14-12(11(4)8-2)13(5,6)9-3/h11-12,14H,7-10H2,1-6H3. The second kappa shape index (κ2) is 6.44. The second-order valence-electron chi connectivity index (χ2n) is 5.16. The van der Waals surface area contributed by atoms with Crippen LogP contribution in [0.4, 0.5) is 0 Å². The first-order chi connectivity index (χ1) is 6.49. The van der Waals surface area contributed by atoms with Crippen LogP contribution in [0.3, 0.4) is 0 Å². The molecule has 1 N–H and O–H groups in total. The zero-order valence-corrected chi connectivity index (χ0v) is 11.0. The lowest BCUT2D eigenvalue weighted by atomic mass is 9.75. The van der Waals surface area contributed by atoms with Gasteiger partial charge < -0.3 is 5.32 Å². The van der Waals surface area contributed by atoms with Crippen LogP contribution in [0.5, 0.6) is 0 Å². The molecule has 14 heavy (non-hydrogen) atoms. The second-order valence-corrected chi connectivity index (χ2v) is 5.16. The van der Waals surface area contributed by atoms with Crippen molar-refractivity contribution in [1.29, 1.82) is 0 Å². The number of rotatable bonds is 7. The van der Waals surface area contributed by atoms with Crippen molar-refractivity contribution >= 4 is 0 Å². The number of nitrogens with one attached hydrogen (secondary N) is 1. The average molecular weight is 199 g/mol. The lowest BCUT2D eigenvalue weighted by Crippen LogP contribution is -2.46. The molecule has 0 aromatic carbocycles. The van der Waals surface area contributed by atoms with E-state index in [0.29, 0.717) is 11.5 Å². The third-order valence-corrected chi connectivity index (χ3v) is 3.58. The molecule has 1 heteroatoms. The SMILES string of the molecule is CCCNC(C(C)CC)C(C)(C)CC. The summed E-state index contributed by atoms with van der Waals surface area (Å²) in [6, 6.07) is 0.664. The summed E-state index contributed by atoms with van der Waals surface area (Å²) in [6.07, 6.45) is 3.75. The predicted molar refractivity (Wildman–Crippen MR) is 65.6 cm³/mol. The summed E-state index contributed by atoms with van der Waals surface area (Å²) in [5.74, 6) is 0.775. The minimum Gasteiger partial charge on any atom is -0.313 e. The monoisotopic (exact) mass is 199 g/mol. The fourth-order valence-corrected chi connectivity index (χ4v) is 2.00. The van der Waals surface area contributed by atoms with E-state index in [1.807, 2.05) is 0 Å². The van der Waals surface area contributed by atoms with E-state index in [2.05, 4.69) is 46.9 Å². The Kier molecular flexibility index (Phi) is 6.43. The highest BCUT2D eigenvalue weighted by Gasteiger charge is 2.30. The smallest absolute Gasteiger partial charge is 0.0144 e. The first kappa shape index (κ1) is 14.0. The molecule has 1 nitrogen and oxygen atoms in total. The highest BCUT2D eigenvalue weighted by molar-refractivity contribution is 4.86. The maximum absolute atomic E-state index is 3.71. The molecule has 0 radical (unpaired) electrons. The van der Waals surface area contributed by atoms with Crippen molar-refractivity contribution in [2.45, 2.75) is 66.8 Å². The quantitative estimate of drug-likeness (QED) is 0.657. The summed E-state index contributed by atoms with van der Waals surface area (Å²) in [5, 5.41) is 3.71. The van der Waals surface area contributed by atoms with E-state index in [0.717, 1.165) is 12.5 Å². The van der Waals surface area contributed by atoms with Gasteiger partial charge in [-0.1, -0.05) is 48.0 Å². The van der Waals surface area contributed by atoms with Crippen LogP contribution in [0.2, 0.25) is 0 Å². The Morgan fingerprint density at radius 2 is 1.71 bits per heavy atom. The normalized spacial score (nSPS) is 16.7. The highest BCUT2D eigenvalue weighted by atomic mass is 14.9. The molecule has 0 aliphatic rings. The van der Waals surface area contributed by atoms with Crippen molar-refractivity contribution in [2.24, 2.45) is 11.3 Å². The molecule has 0 saturated heterocycles. The maximum atomic E-state index is 3.71. The van der Waals surface area contributed by atoms with Gasteiger partial charge in [0.2, 0.25) is 0 Å². The van der Waals surface area contributed by atoms with Gasteiger partial charge in [-0.3, -0.25) is 0 Å². The minimum absolute atomic E-state index is 0.421. The first-order valence-electron chi connectivity index (χ1n) is 6.22. The van der Waals surface area contributed by atoms with Crippen LogP contribution >= 0.6 is 0 Å². The fraction of sp³-hybridized carbons (Fsp3) is 1.00. The van der Waals surface area contributed by atoms with E-state index in [9.17, 15) is 0 Å². The van der Waals surface area contributed by atoms with Crippen LogP contribution in [0.25, 0.3) is 0 Å². The van der Waals surface area contributed by atoms with Crippen molar-refractivity contribution < 1.29 is 0 Å². The Morgan fingerprint density at radius 3 is 2.07 bits per heavy atom. The van der Waals surface area contributed by atoms with Crippen LogP contribution in [0, 0.1) is 11.3 Å². The zero-order chi connectivity index (χ0) is 11.2. The van der Waals surface area contributed by atoms with Gasteiger partial charge in [-0.15, -0.1) is 0 Å². The maximum Gasteiger partial charge on any atom is 0.0144 e. The molecule has 86 valence electrons. The molecule has 2 atom stereocenters. The molecule has 0 heterocycles. The van der Waals surface area contributed by atoms with Crippen LogP contribution in [0.15, 0.2) is 0 Å². The van der Waals surface area contributed by atoms with Gasteiger partial charge >= 0.3 is 0 Å². The lowest BCUT2D eigenvalue weighted by Gasteiger charge is -2.38. The van der Waals surface area contributed by atoms with Gasteiger partial charge in [-0.05, 0) is 30.7 Å². The van der Waals surface area contributed by atoms with Crippen molar-refractivity contribution in [1.82, 2.24) is 5.32 Å². The van der Waals surface area contributed by atoms with E-state index in [1.165, 1.54) is 19.3 Å². The molecule has 2 unspecified atom stereocenters. The zero-order valence-electron chi connectivity index (χ0n) is 11.0. The molecule has 0 spiro atoms. The summed E-state index contributed by atoms with van der Waals surface area (Å²) in [7, 11) is 0. The summed E-state index contributed by atoms with van der Waals surface area (Å²) in [4.78, 5) is 0. The Hall–Kier alpha value is -0.0400. The van der Waals surface area contributed by atoms with E-state index < -0.39 is 0 Å². The molecule has 0 aromatic rings. The van der Waals surface area contributed by atoms with Gasteiger partial charge in [0.1, 0.15) is 0 Å². The van der Waals surface area contributed by atoms with Gasteiger partial charge in [0.25, 0.3) is 0 Å². The predicted octanol–water partition coefficient (Wildman–Crippen LogP) is 3.84. The Balaban J connectivity index is 4.37. The van der Waals surface area contributed by atoms with Crippen molar-refractivity contribution in [2.75, 3.05) is 6.54 Å². The van der Waals surface area contributed by atoms with Crippen LogP contribution in [0.1, 0.15) is 60.8 Å². The van der Waals surface area contributed by atoms with Gasteiger partial charge in [-0.25, -0.2) is 0 Å². The molecule has 0 saturated carbocycles. The van der Waals surface area contributed by atoms with Crippen molar-refractivity contribution in [3.63, 3.8) is 0 Å². The van der Waals surface area contributed by atoms with Gasteiger partial charge in [-0.2, -0.15) is 0 Å². The molecular weight excluding hydrogens is 170 g/mol. The summed E-state index contributed by atoms with van der Waals surface area (Å²) in [5.41, 5.74) is 0.421. The average Bonchev–Trinajstić information content (AvgIpc) is 2.17. The fourth-order valence-electron chi connectivity index (χ4n) is 2.00. The van der Waals surface area contributed by atoms with Crippen molar-refractivity contribution in [3.8, 4) is 0 Å². The number of hydrogen-bond donors (Lipinski definition) is 1. The summed E-state index contributed by atoms with van der Waals surface area (Å²) >= 11 is 0. The minimum atomic E-state index is 0.421. The van der Waals surface area contributed by atoms with Crippen LogP contribution < -0.4 is 5.32 Å². The molecule has 0 aromatic heterocycles. The third kappa shape index (κ3) is 4.00. The van der Waals surface area contributed by atoms with E-state index in [-0.39, 0.29) is 0 Å². The third-order valence-electron chi connectivity index (χ3n) is 3.58. The molecule has 0 aliphatic carbocycles. The summed E-state index contributed by atoms with van der Waals surface area (Å²) in [6.45, 7) is 15.1. The molecule has 0 aliphatic heterocycles. The van der Waals surface area contributed by atoms with Crippen LogP contribution in [-0.4, -0.2) is 12.6 Å². The highest BCUT2D eigenvalue weighted by Crippen LogP contribution is 2.30. The molecule has 0 fully saturated rings. The van der Waals surface area contributed by atoms with Crippen molar-refractivity contribution in [3.05, 3.63) is 0 Å². The molecule has 0 rings (SSSR count). The lowest BCUT2D eigenvalue weighted by molar-refractivity contribution is 0.172. The Bertz CT molecular complexity index is 140. The van der Waals surface area contributed by atoms with Crippen LogP contribution in [-0.2, 0) is 0 Å². The topological polar surface area (TPSA) is 12.0 Å². The van der Waals surface area contributed by atoms with Gasteiger partial charge in [0.15, 0.2) is 0 Å². The van der Waals surface area contributed by atoms with E-state index in [4.69, 9.17) is 0 Å². The van der Waals surface area contributed by atoms with Gasteiger partial charge in [0.05, 0.1) is 0 Å². The Labute approximate surface area is 90.7 Å². The van der Waals surface area contributed by atoms with E-state index >= 15 is 0 Å². The molecular formula is C13H29N. The largest absolute Gasteiger partial charge is 0.313 e. The van der Waals surface area contributed by atoms with E-state index in [1.54, 1.807) is 0 Å². The summed E-state index contributed by atoms with van der Waals surface area (Å²) < 4.78 is 0. The van der Waals surface area contributed by atoms with Gasteiger partial charge in [0, 0.05) is 6.04 Å². The molecule has 0 amide bonds. The Morgan fingerprint density at radius 1 is 1.14 bits per heavy atom. The first-order valence-corrected chi connectivity index (χ1v) is 6.22.